The molecule has 1 amide bonds. The number of hydrogen-bond acceptors (Lipinski definition) is 3. The first-order chi connectivity index (χ1) is 20.4. The Morgan fingerprint density at radius 3 is 2.36 bits per heavy atom. The van der Waals surface area contributed by atoms with Crippen LogP contribution in [0.4, 0.5) is 4.39 Å². The molecule has 1 saturated carbocycles. The number of benzene rings is 4. The molecule has 2 aromatic heterocycles. The van der Waals surface area contributed by atoms with Gasteiger partial charge in [0.2, 0.25) is 0 Å². The van der Waals surface area contributed by atoms with Crippen molar-refractivity contribution in [1.29, 1.82) is 0 Å². The summed E-state index contributed by atoms with van der Waals surface area (Å²) in [7, 11) is 0. The van der Waals surface area contributed by atoms with Gasteiger partial charge < -0.3 is 15.0 Å². The predicted molar refractivity (Wildman–Crippen MR) is 160 cm³/mol. The van der Waals surface area contributed by atoms with Gasteiger partial charge >= 0.3 is 5.97 Å². The largest absolute Gasteiger partial charge is 0.478 e. The van der Waals surface area contributed by atoms with Crippen LogP contribution in [0.15, 0.2) is 109 Å². The summed E-state index contributed by atoms with van der Waals surface area (Å²) >= 11 is 0. The number of hydrogen-bond donors (Lipinski definition) is 2. The zero-order chi connectivity index (χ0) is 28.8. The molecule has 0 saturated heterocycles. The zero-order valence-electron chi connectivity index (χ0n) is 22.5. The van der Waals surface area contributed by atoms with Gasteiger partial charge in [-0.15, -0.1) is 0 Å². The molecule has 2 N–H and O–H groups in total. The van der Waals surface area contributed by atoms with Gasteiger partial charge in [-0.05, 0) is 84.1 Å². The molecule has 6 nitrogen and oxygen atoms in total. The summed E-state index contributed by atoms with van der Waals surface area (Å²) in [6.45, 7) is 0.478. The third kappa shape index (κ3) is 4.69. The van der Waals surface area contributed by atoms with Crippen molar-refractivity contribution in [2.75, 3.05) is 0 Å². The number of aromatic nitrogens is 2. The number of nitrogens with zero attached hydrogens (tertiary/aromatic N) is 2. The molecule has 206 valence electrons. The van der Waals surface area contributed by atoms with E-state index in [2.05, 4.69) is 11.4 Å². The predicted octanol–water partition coefficient (Wildman–Crippen LogP) is 7.16. The summed E-state index contributed by atoms with van der Waals surface area (Å²) in [5.41, 5.74) is 5.22. The number of amides is 1. The Balaban J connectivity index is 1.29. The molecule has 7 heteroatoms. The molecule has 42 heavy (non-hydrogen) atoms. The number of carboxylic acid groups (broad SMARTS) is 1. The Morgan fingerprint density at radius 1 is 0.857 bits per heavy atom. The maximum atomic E-state index is 14.1. The van der Waals surface area contributed by atoms with Crippen molar-refractivity contribution in [3.8, 4) is 11.1 Å². The maximum Gasteiger partial charge on any atom is 0.335 e. The number of aromatic carboxylic acids is 1. The second-order valence-electron chi connectivity index (χ2n) is 10.8. The third-order valence-corrected chi connectivity index (χ3v) is 8.06. The molecular formula is C35H26FN3O3. The van der Waals surface area contributed by atoms with Crippen molar-refractivity contribution >= 4 is 33.7 Å². The van der Waals surface area contributed by atoms with Crippen LogP contribution < -0.4 is 5.32 Å². The molecule has 0 spiro atoms. The fourth-order valence-electron chi connectivity index (χ4n) is 5.66. The smallest absolute Gasteiger partial charge is 0.335 e. The van der Waals surface area contributed by atoms with E-state index in [9.17, 15) is 19.1 Å². The first kappa shape index (κ1) is 25.7. The Kier molecular flexibility index (Phi) is 6.08. The van der Waals surface area contributed by atoms with Crippen LogP contribution >= 0.6 is 0 Å². The lowest BCUT2D eigenvalue weighted by molar-refractivity contribution is 0.0696. The van der Waals surface area contributed by atoms with Crippen molar-refractivity contribution in [3.05, 3.63) is 138 Å². The Morgan fingerprint density at radius 2 is 1.62 bits per heavy atom. The van der Waals surface area contributed by atoms with E-state index in [0.29, 0.717) is 12.1 Å². The minimum atomic E-state index is -0.989. The van der Waals surface area contributed by atoms with Crippen LogP contribution in [0.1, 0.15) is 44.8 Å². The van der Waals surface area contributed by atoms with Crippen molar-refractivity contribution < 1.29 is 19.1 Å². The van der Waals surface area contributed by atoms with E-state index in [-0.39, 0.29) is 17.3 Å². The van der Waals surface area contributed by atoms with Crippen LogP contribution in [0.3, 0.4) is 0 Å². The van der Waals surface area contributed by atoms with E-state index < -0.39 is 11.5 Å². The summed E-state index contributed by atoms with van der Waals surface area (Å²) in [5.74, 6) is -1.54. The fraction of sp³-hybridized carbons (Fsp3) is 0.114. The maximum absolute atomic E-state index is 14.1. The first-order valence-corrected chi connectivity index (χ1v) is 13.8. The lowest BCUT2D eigenvalue weighted by Gasteiger charge is -2.20. The third-order valence-electron chi connectivity index (χ3n) is 8.06. The van der Waals surface area contributed by atoms with Gasteiger partial charge in [0, 0.05) is 17.0 Å². The van der Waals surface area contributed by atoms with Gasteiger partial charge in [0.05, 0.1) is 39.9 Å². The van der Waals surface area contributed by atoms with Crippen molar-refractivity contribution in [2.45, 2.75) is 24.9 Å². The normalized spacial score (nSPS) is 13.7. The van der Waals surface area contributed by atoms with Gasteiger partial charge in [-0.1, -0.05) is 48.5 Å². The number of nitrogens with one attached hydrogen (secondary N) is 1. The van der Waals surface area contributed by atoms with E-state index >= 15 is 0 Å². The highest BCUT2D eigenvalue weighted by Crippen LogP contribution is 2.46. The highest BCUT2D eigenvalue weighted by molar-refractivity contribution is 6.08. The van der Waals surface area contributed by atoms with Crippen LogP contribution in [0.5, 0.6) is 0 Å². The number of fused-ring (bicyclic) bond motifs is 2. The van der Waals surface area contributed by atoms with Gasteiger partial charge in [-0.2, -0.15) is 0 Å². The number of halogens is 1. The lowest BCUT2D eigenvalue weighted by atomic mass is 9.98. The molecule has 4 aromatic carbocycles. The lowest BCUT2D eigenvalue weighted by Crippen LogP contribution is -2.35. The molecule has 7 rings (SSSR count). The average molecular weight is 556 g/mol. The minimum Gasteiger partial charge on any atom is -0.478 e. The van der Waals surface area contributed by atoms with Gasteiger partial charge in [0.15, 0.2) is 0 Å². The second kappa shape index (κ2) is 9.96. The van der Waals surface area contributed by atoms with E-state index in [1.807, 2.05) is 59.3 Å². The van der Waals surface area contributed by atoms with Gasteiger partial charge in [-0.3, -0.25) is 9.78 Å². The quantitative estimate of drug-likeness (QED) is 0.219. The van der Waals surface area contributed by atoms with Crippen LogP contribution in [-0.2, 0) is 12.1 Å². The Hall–Kier alpha value is -5.30. The first-order valence-electron chi connectivity index (χ1n) is 13.8. The minimum absolute atomic E-state index is 0.203. The summed E-state index contributed by atoms with van der Waals surface area (Å²) in [6, 6.07) is 30.8. The Labute approximate surface area is 241 Å². The Bertz CT molecular complexity index is 1990. The molecule has 1 aliphatic carbocycles. The molecular weight excluding hydrogens is 529 g/mol. The molecule has 6 aromatic rings. The number of carbonyl (C=O) groups excluding carboxylic acids is 1. The topological polar surface area (TPSA) is 84.2 Å². The zero-order valence-corrected chi connectivity index (χ0v) is 22.5. The molecule has 0 aliphatic heterocycles. The summed E-state index contributed by atoms with van der Waals surface area (Å²) in [4.78, 5) is 30.3. The molecule has 1 aliphatic rings. The number of carbonyl (C=O) groups is 2. The summed E-state index contributed by atoms with van der Waals surface area (Å²) < 4.78 is 15.7. The average Bonchev–Trinajstić information content (AvgIpc) is 3.68. The van der Waals surface area contributed by atoms with Crippen LogP contribution in [0, 0.1) is 5.82 Å². The molecule has 0 atom stereocenters. The second-order valence-corrected chi connectivity index (χ2v) is 10.8. The number of carboxylic acids is 1. The van der Waals surface area contributed by atoms with Gasteiger partial charge in [0.25, 0.3) is 5.91 Å². The van der Waals surface area contributed by atoms with Gasteiger partial charge in [-0.25, -0.2) is 9.18 Å². The van der Waals surface area contributed by atoms with Crippen molar-refractivity contribution in [1.82, 2.24) is 14.9 Å². The summed E-state index contributed by atoms with van der Waals surface area (Å²) in [5, 5.41) is 14.5. The summed E-state index contributed by atoms with van der Waals surface area (Å²) in [6.07, 6.45) is 3.48. The number of rotatable bonds is 7. The van der Waals surface area contributed by atoms with Crippen LogP contribution in [-0.4, -0.2) is 26.5 Å². The van der Waals surface area contributed by atoms with E-state index in [1.54, 1.807) is 36.4 Å². The van der Waals surface area contributed by atoms with Crippen molar-refractivity contribution in [2.24, 2.45) is 0 Å². The van der Waals surface area contributed by atoms with Crippen LogP contribution in [0.25, 0.3) is 32.9 Å². The number of pyridine rings is 1. The molecule has 0 unspecified atom stereocenters. The highest BCUT2D eigenvalue weighted by Gasteiger charge is 2.46. The molecule has 0 radical (unpaired) electrons. The standard InChI is InChI=1S/C35H26FN3O3/c36-28-12-7-22(8-13-28)26-19-25-15-18-39(21-29-14-9-23-3-1-2-4-31(23)37-29)32(25)30(20-26)33(40)38-35(16-17-35)27-10-5-24(6-11-27)34(41)42/h1-15,18-20H,16-17,21H2,(H,38,40)(H,41,42). The van der Waals surface area contributed by atoms with E-state index in [0.717, 1.165) is 57.0 Å². The molecule has 2 heterocycles. The fourth-order valence-corrected chi connectivity index (χ4v) is 5.66. The molecule has 1 fully saturated rings. The van der Waals surface area contributed by atoms with Crippen LogP contribution in [0.2, 0.25) is 0 Å². The van der Waals surface area contributed by atoms with Gasteiger partial charge in [0.1, 0.15) is 5.82 Å². The molecule has 0 bridgehead atoms. The SMILES string of the molecule is O=C(O)c1ccc(C2(NC(=O)c3cc(-c4ccc(F)cc4)cc4ccn(Cc5ccc6ccccc6n5)c34)CC2)cc1. The monoisotopic (exact) mass is 555 g/mol. The van der Waals surface area contributed by atoms with E-state index in [4.69, 9.17) is 4.98 Å². The number of para-hydroxylation sites is 1. The van der Waals surface area contributed by atoms with Crippen molar-refractivity contribution in [3.63, 3.8) is 0 Å². The van der Waals surface area contributed by atoms with E-state index in [1.165, 1.54) is 12.1 Å². The highest BCUT2D eigenvalue weighted by atomic mass is 19.1.